The molecule has 1 atom stereocenters. The highest BCUT2D eigenvalue weighted by Gasteiger charge is 2.33. The lowest BCUT2D eigenvalue weighted by atomic mass is 10.1. The number of carbonyl (C=O) groups excluding carboxylic acids is 1. The van der Waals surface area contributed by atoms with Crippen molar-refractivity contribution in [3.05, 3.63) is 86.3 Å². The molecule has 0 aliphatic carbocycles. The van der Waals surface area contributed by atoms with Crippen molar-refractivity contribution >= 4 is 28.8 Å². The number of imidazole rings is 1. The second-order valence-corrected chi connectivity index (χ2v) is 9.69. The van der Waals surface area contributed by atoms with Crippen LogP contribution in [0.4, 0.5) is 13.2 Å². The van der Waals surface area contributed by atoms with E-state index in [1.807, 2.05) is 6.92 Å². The number of halogens is 4. The van der Waals surface area contributed by atoms with Gasteiger partial charge in [0.2, 0.25) is 0 Å². The third kappa shape index (κ3) is 4.22. The molecular formula is C24H19ClF3N5O2S. The van der Waals surface area contributed by atoms with Gasteiger partial charge in [-0.05, 0) is 44.2 Å². The maximum Gasteiger partial charge on any atom is 0.416 e. The number of amides is 1. The molecule has 1 aromatic carbocycles. The molecule has 186 valence electrons. The van der Waals surface area contributed by atoms with Crippen LogP contribution in [-0.4, -0.2) is 36.5 Å². The molecule has 4 aromatic rings. The van der Waals surface area contributed by atoms with Gasteiger partial charge in [-0.1, -0.05) is 11.6 Å². The SMILES string of the molecule is Cc1cn(-c2ccc3n(c2=O)CCN([C@H](C)c2csc(-c4cc(C(F)(F)F)ccc4Cl)n2)C3=O)cn1. The molecule has 0 N–H and O–H groups in total. The topological polar surface area (TPSA) is 73.0 Å². The Hall–Kier alpha value is -3.44. The largest absolute Gasteiger partial charge is 0.416 e. The Bertz CT molecular complexity index is 1540. The first-order valence-corrected chi connectivity index (χ1v) is 12.2. The molecule has 0 unspecified atom stereocenters. The first kappa shape index (κ1) is 24.3. The molecule has 1 aliphatic rings. The summed E-state index contributed by atoms with van der Waals surface area (Å²) in [6.07, 6.45) is -1.22. The van der Waals surface area contributed by atoms with E-state index in [2.05, 4.69) is 9.97 Å². The van der Waals surface area contributed by atoms with Gasteiger partial charge in [0.05, 0.1) is 34.3 Å². The van der Waals surface area contributed by atoms with Crippen molar-refractivity contribution in [3.8, 4) is 16.3 Å². The van der Waals surface area contributed by atoms with E-state index in [9.17, 15) is 22.8 Å². The molecular weight excluding hydrogens is 515 g/mol. The highest BCUT2D eigenvalue weighted by Crippen LogP contribution is 2.38. The second kappa shape index (κ2) is 8.90. The van der Waals surface area contributed by atoms with E-state index >= 15 is 0 Å². The summed E-state index contributed by atoms with van der Waals surface area (Å²) in [5.74, 6) is -0.328. The van der Waals surface area contributed by atoms with Gasteiger partial charge in [-0.15, -0.1) is 11.3 Å². The molecule has 0 saturated carbocycles. The second-order valence-electron chi connectivity index (χ2n) is 8.43. The van der Waals surface area contributed by atoms with Crippen LogP contribution in [0, 0.1) is 6.92 Å². The number of thiazole rings is 1. The van der Waals surface area contributed by atoms with Gasteiger partial charge in [-0.2, -0.15) is 13.2 Å². The summed E-state index contributed by atoms with van der Waals surface area (Å²) in [6.45, 7) is 4.18. The highest BCUT2D eigenvalue weighted by molar-refractivity contribution is 7.13. The summed E-state index contributed by atoms with van der Waals surface area (Å²) < 4.78 is 42.6. The van der Waals surface area contributed by atoms with Crippen LogP contribution >= 0.6 is 22.9 Å². The zero-order chi connectivity index (χ0) is 25.8. The van der Waals surface area contributed by atoms with Crippen molar-refractivity contribution in [3.63, 3.8) is 0 Å². The molecule has 1 aliphatic heterocycles. The first-order chi connectivity index (χ1) is 17.0. The van der Waals surface area contributed by atoms with Crippen LogP contribution in [0.25, 0.3) is 16.3 Å². The van der Waals surface area contributed by atoms with Crippen molar-refractivity contribution in [1.29, 1.82) is 0 Å². The lowest BCUT2D eigenvalue weighted by Gasteiger charge is -2.33. The monoisotopic (exact) mass is 533 g/mol. The number of nitrogens with zero attached hydrogens (tertiary/aromatic N) is 5. The van der Waals surface area contributed by atoms with Gasteiger partial charge < -0.3 is 14.0 Å². The van der Waals surface area contributed by atoms with E-state index in [0.717, 1.165) is 29.2 Å². The van der Waals surface area contributed by atoms with Crippen LogP contribution in [0.2, 0.25) is 5.02 Å². The van der Waals surface area contributed by atoms with Gasteiger partial charge >= 0.3 is 6.18 Å². The van der Waals surface area contributed by atoms with Gasteiger partial charge in [0.25, 0.3) is 11.5 Å². The summed E-state index contributed by atoms with van der Waals surface area (Å²) in [6, 6.07) is 5.84. The van der Waals surface area contributed by atoms with Crippen LogP contribution in [0.1, 0.15) is 40.4 Å². The third-order valence-electron chi connectivity index (χ3n) is 6.13. The summed E-state index contributed by atoms with van der Waals surface area (Å²) >= 11 is 7.32. The quantitative estimate of drug-likeness (QED) is 0.354. The third-order valence-corrected chi connectivity index (χ3v) is 7.35. The number of pyridine rings is 1. The summed E-state index contributed by atoms with van der Waals surface area (Å²) in [7, 11) is 0. The number of carbonyl (C=O) groups is 1. The zero-order valence-corrected chi connectivity index (χ0v) is 20.7. The molecule has 0 bridgehead atoms. The van der Waals surface area contributed by atoms with Crippen molar-refractivity contribution < 1.29 is 18.0 Å². The summed E-state index contributed by atoms with van der Waals surface area (Å²) in [5, 5.41) is 2.19. The average molecular weight is 534 g/mol. The van der Waals surface area contributed by atoms with E-state index in [4.69, 9.17) is 11.6 Å². The van der Waals surface area contributed by atoms with Gasteiger partial charge in [-0.3, -0.25) is 9.59 Å². The summed E-state index contributed by atoms with van der Waals surface area (Å²) in [4.78, 5) is 36.6. The fourth-order valence-electron chi connectivity index (χ4n) is 4.18. The molecule has 1 amide bonds. The molecule has 0 spiro atoms. The fraction of sp³-hybridized carbons (Fsp3) is 0.250. The molecule has 0 saturated heterocycles. The Labute approximate surface area is 212 Å². The maximum absolute atomic E-state index is 13.3. The van der Waals surface area contributed by atoms with Crippen molar-refractivity contribution in [2.45, 2.75) is 32.6 Å². The number of rotatable bonds is 4. The van der Waals surface area contributed by atoms with Gasteiger partial charge in [0.15, 0.2) is 0 Å². The van der Waals surface area contributed by atoms with Gasteiger partial charge in [0, 0.05) is 30.2 Å². The predicted octanol–water partition coefficient (Wildman–Crippen LogP) is 5.36. The Morgan fingerprint density at radius 2 is 1.92 bits per heavy atom. The molecule has 36 heavy (non-hydrogen) atoms. The number of hydrogen-bond donors (Lipinski definition) is 0. The van der Waals surface area contributed by atoms with Crippen molar-refractivity contribution in [2.24, 2.45) is 0 Å². The minimum atomic E-state index is -4.50. The number of aryl methyl sites for hydroxylation is 1. The Balaban J connectivity index is 1.42. The smallest absolute Gasteiger partial charge is 0.327 e. The lowest BCUT2D eigenvalue weighted by molar-refractivity contribution is -0.137. The first-order valence-electron chi connectivity index (χ1n) is 10.9. The van der Waals surface area contributed by atoms with Crippen LogP contribution in [0.15, 0.2) is 53.0 Å². The number of benzene rings is 1. The average Bonchev–Trinajstić information content (AvgIpc) is 3.48. The van der Waals surface area contributed by atoms with Crippen molar-refractivity contribution in [1.82, 2.24) is 24.0 Å². The maximum atomic E-state index is 13.3. The fourth-order valence-corrected chi connectivity index (χ4v) is 5.38. The minimum Gasteiger partial charge on any atom is -0.327 e. The summed E-state index contributed by atoms with van der Waals surface area (Å²) in [5.41, 5.74) is 1.02. The Kier molecular flexibility index (Phi) is 6.00. The molecule has 7 nitrogen and oxygen atoms in total. The van der Waals surface area contributed by atoms with E-state index in [1.165, 1.54) is 10.6 Å². The number of hydrogen-bond acceptors (Lipinski definition) is 5. The molecule has 3 aromatic heterocycles. The number of fused-ring (bicyclic) bond motifs is 1. The Morgan fingerprint density at radius 1 is 1.14 bits per heavy atom. The number of alkyl halides is 3. The molecule has 0 radical (unpaired) electrons. The van der Waals surface area contributed by atoms with E-state index < -0.39 is 17.8 Å². The molecule has 5 rings (SSSR count). The van der Waals surface area contributed by atoms with Crippen LogP contribution in [0.3, 0.4) is 0 Å². The minimum absolute atomic E-state index is 0.155. The van der Waals surface area contributed by atoms with Crippen LogP contribution < -0.4 is 5.56 Å². The van der Waals surface area contributed by atoms with E-state index in [0.29, 0.717) is 22.9 Å². The van der Waals surface area contributed by atoms with Crippen LogP contribution in [-0.2, 0) is 12.7 Å². The molecule has 12 heteroatoms. The van der Waals surface area contributed by atoms with Crippen LogP contribution in [0.5, 0.6) is 0 Å². The van der Waals surface area contributed by atoms with Gasteiger partial charge in [-0.25, -0.2) is 9.97 Å². The number of aromatic nitrogens is 4. The van der Waals surface area contributed by atoms with E-state index in [-0.39, 0.29) is 34.3 Å². The predicted molar refractivity (Wildman–Crippen MR) is 130 cm³/mol. The highest BCUT2D eigenvalue weighted by atomic mass is 35.5. The van der Waals surface area contributed by atoms with Crippen molar-refractivity contribution in [2.75, 3.05) is 6.54 Å². The standard InChI is InChI=1S/C24H19ClF3N5O2S/c1-13-10-31(12-29-13)19-5-6-20-23(35)32(7-8-33(20)22(19)34)14(2)18-11-36-21(30-18)16-9-15(24(26,27)28)3-4-17(16)25/h3-6,9-12,14H,7-8H2,1-2H3/t14-/m1/s1. The van der Waals surface area contributed by atoms with E-state index in [1.54, 1.807) is 46.4 Å². The zero-order valence-electron chi connectivity index (χ0n) is 19.1. The van der Waals surface area contributed by atoms with Gasteiger partial charge in [0.1, 0.15) is 16.4 Å². The lowest BCUT2D eigenvalue weighted by Crippen LogP contribution is -2.46. The molecule has 4 heterocycles. The molecule has 0 fully saturated rings. The normalized spacial score (nSPS) is 14.7. The Morgan fingerprint density at radius 3 is 2.61 bits per heavy atom.